The quantitative estimate of drug-likeness (QED) is 0.899. The largest absolute Gasteiger partial charge is 0.494 e. The molecule has 2 fully saturated rings. The van der Waals surface area contributed by atoms with Crippen molar-refractivity contribution in [1.29, 1.82) is 0 Å². The van der Waals surface area contributed by atoms with Gasteiger partial charge in [0, 0.05) is 25.7 Å². The van der Waals surface area contributed by atoms with Crippen molar-refractivity contribution in [2.75, 3.05) is 26.2 Å². The first kappa shape index (κ1) is 12.9. The number of fused-ring (bicyclic) bond motifs is 1. The minimum absolute atomic E-state index is 0.726. The van der Waals surface area contributed by atoms with Crippen LogP contribution in [0.4, 0.5) is 0 Å². The van der Waals surface area contributed by atoms with Crippen LogP contribution in [-0.2, 0) is 6.54 Å². The van der Waals surface area contributed by atoms with Gasteiger partial charge in [-0.15, -0.1) is 0 Å². The fraction of sp³-hybridized carbons (Fsp3) is 0.625. The Morgan fingerprint density at radius 2 is 2.32 bits per heavy atom. The number of piperidine rings is 1. The summed E-state index contributed by atoms with van der Waals surface area (Å²) >= 11 is 0. The number of hydrogen-bond donors (Lipinski definition) is 1. The Balaban J connectivity index is 1.60. The van der Waals surface area contributed by atoms with Crippen molar-refractivity contribution < 1.29 is 4.74 Å². The van der Waals surface area contributed by atoms with Crippen LogP contribution in [0, 0.1) is 5.92 Å². The molecule has 3 nitrogen and oxygen atoms in total. The summed E-state index contributed by atoms with van der Waals surface area (Å²) in [7, 11) is 0. The minimum atomic E-state index is 0.726. The Morgan fingerprint density at radius 1 is 1.37 bits per heavy atom. The normalized spacial score (nSPS) is 27.2. The lowest BCUT2D eigenvalue weighted by Crippen LogP contribution is -2.40. The molecule has 2 aliphatic rings. The van der Waals surface area contributed by atoms with E-state index in [-0.39, 0.29) is 0 Å². The van der Waals surface area contributed by atoms with E-state index in [9.17, 15) is 0 Å². The molecule has 0 spiro atoms. The molecule has 104 valence electrons. The van der Waals surface area contributed by atoms with Crippen LogP contribution >= 0.6 is 0 Å². The Hall–Kier alpha value is -1.06. The van der Waals surface area contributed by atoms with Gasteiger partial charge in [-0.25, -0.2) is 0 Å². The third-order valence-corrected chi connectivity index (χ3v) is 4.29. The van der Waals surface area contributed by atoms with Gasteiger partial charge in [-0.05, 0) is 49.9 Å². The first-order valence-corrected chi connectivity index (χ1v) is 7.52. The van der Waals surface area contributed by atoms with E-state index in [4.69, 9.17) is 4.74 Å². The number of rotatable bonds is 4. The molecule has 0 bridgehead atoms. The molecule has 3 rings (SSSR count). The van der Waals surface area contributed by atoms with Crippen molar-refractivity contribution in [3.63, 3.8) is 0 Å². The van der Waals surface area contributed by atoms with Crippen molar-refractivity contribution >= 4 is 0 Å². The number of nitrogens with zero attached hydrogens (tertiary/aromatic N) is 1. The lowest BCUT2D eigenvalue weighted by molar-refractivity contribution is 0.310. The van der Waals surface area contributed by atoms with Crippen molar-refractivity contribution in [3.8, 4) is 5.75 Å². The Kier molecular flexibility index (Phi) is 4.04. The fourth-order valence-corrected chi connectivity index (χ4v) is 3.42. The summed E-state index contributed by atoms with van der Waals surface area (Å²) in [5.41, 5.74) is 1.37. The van der Waals surface area contributed by atoms with Gasteiger partial charge in [0.05, 0.1) is 6.61 Å². The fourth-order valence-electron chi connectivity index (χ4n) is 3.42. The second kappa shape index (κ2) is 5.93. The zero-order valence-electron chi connectivity index (χ0n) is 11.8. The zero-order valence-corrected chi connectivity index (χ0v) is 11.8. The molecule has 2 saturated heterocycles. The van der Waals surface area contributed by atoms with E-state index in [0.717, 1.165) is 30.9 Å². The number of benzene rings is 1. The summed E-state index contributed by atoms with van der Waals surface area (Å²) in [6, 6.07) is 9.25. The number of likely N-dealkylation sites (tertiary alicyclic amines) is 1. The molecule has 2 unspecified atom stereocenters. The van der Waals surface area contributed by atoms with Gasteiger partial charge in [0.1, 0.15) is 5.75 Å². The summed E-state index contributed by atoms with van der Waals surface area (Å²) in [5.74, 6) is 1.86. The maximum Gasteiger partial charge on any atom is 0.119 e. The highest BCUT2D eigenvalue weighted by Crippen LogP contribution is 2.26. The Labute approximate surface area is 115 Å². The van der Waals surface area contributed by atoms with Crippen LogP contribution in [0.25, 0.3) is 0 Å². The molecule has 0 saturated carbocycles. The summed E-state index contributed by atoms with van der Waals surface area (Å²) in [6.45, 7) is 7.47. The molecule has 0 aromatic heterocycles. The van der Waals surface area contributed by atoms with Crippen LogP contribution in [-0.4, -0.2) is 37.2 Å². The van der Waals surface area contributed by atoms with Crippen LogP contribution in [0.5, 0.6) is 5.75 Å². The molecule has 2 atom stereocenters. The van der Waals surface area contributed by atoms with Crippen molar-refractivity contribution in [2.24, 2.45) is 5.92 Å². The van der Waals surface area contributed by atoms with Gasteiger partial charge >= 0.3 is 0 Å². The first-order chi connectivity index (χ1) is 9.35. The predicted molar refractivity (Wildman–Crippen MR) is 77.4 cm³/mol. The second-order valence-corrected chi connectivity index (χ2v) is 5.74. The smallest absolute Gasteiger partial charge is 0.119 e. The molecule has 2 aliphatic heterocycles. The second-order valence-electron chi connectivity index (χ2n) is 5.74. The SMILES string of the molecule is CCOc1cccc(CN2CC3CCCNC3C2)c1. The molecule has 0 radical (unpaired) electrons. The van der Waals surface area contributed by atoms with Gasteiger partial charge in [-0.1, -0.05) is 12.1 Å². The van der Waals surface area contributed by atoms with Crippen LogP contribution < -0.4 is 10.1 Å². The molecule has 0 amide bonds. The van der Waals surface area contributed by atoms with E-state index in [1.807, 2.05) is 13.0 Å². The highest BCUT2D eigenvalue weighted by atomic mass is 16.5. The van der Waals surface area contributed by atoms with Gasteiger partial charge in [-0.2, -0.15) is 0 Å². The molecule has 2 heterocycles. The number of hydrogen-bond acceptors (Lipinski definition) is 3. The molecular weight excluding hydrogens is 236 g/mol. The highest BCUT2D eigenvalue weighted by molar-refractivity contribution is 5.28. The van der Waals surface area contributed by atoms with Crippen LogP contribution in [0.1, 0.15) is 25.3 Å². The lowest BCUT2D eigenvalue weighted by Gasteiger charge is -2.24. The topological polar surface area (TPSA) is 24.5 Å². The summed E-state index contributed by atoms with van der Waals surface area (Å²) in [4.78, 5) is 2.58. The molecular formula is C16H24N2O. The molecule has 19 heavy (non-hydrogen) atoms. The molecule has 1 N–H and O–H groups in total. The average molecular weight is 260 g/mol. The van der Waals surface area contributed by atoms with Gasteiger partial charge in [0.2, 0.25) is 0 Å². The number of ether oxygens (including phenoxy) is 1. The predicted octanol–water partition coefficient (Wildman–Crippen LogP) is 2.27. The standard InChI is InChI=1S/C16H24N2O/c1-2-19-15-7-3-5-13(9-15)10-18-11-14-6-4-8-17-16(14)12-18/h3,5,7,9,14,16-17H,2,4,6,8,10-12H2,1H3. The van der Waals surface area contributed by atoms with Gasteiger partial charge in [-0.3, -0.25) is 4.90 Å². The van der Waals surface area contributed by atoms with Crippen LogP contribution in [0.15, 0.2) is 24.3 Å². The van der Waals surface area contributed by atoms with Crippen molar-refractivity contribution in [2.45, 2.75) is 32.4 Å². The number of nitrogens with one attached hydrogen (secondary N) is 1. The average Bonchev–Trinajstić information content (AvgIpc) is 2.81. The van der Waals surface area contributed by atoms with Gasteiger partial charge in [0.25, 0.3) is 0 Å². The van der Waals surface area contributed by atoms with E-state index in [1.54, 1.807) is 0 Å². The van der Waals surface area contributed by atoms with Crippen LogP contribution in [0.3, 0.4) is 0 Å². The summed E-state index contributed by atoms with van der Waals surface area (Å²) < 4.78 is 5.57. The molecule has 1 aromatic carbocycles. The third kappa shape index (κ3) is 3.10. The van der Waals surface area contributed by atoms with Gasteiger partial charge in [0.15, 0.2) is 0 Å². The molecule has 0 aliphatic carbocycles. The monoisotopic (exact) mass is 260 g/mol. The van der Waals surface area contributed by atoms with E-state index in [2.05, 4.69) is 28.4 Å². The van der Waals surface area contributed by atoms with E-state index in [0.29, 0.717) is 0 Å². The van der Waals surface area contributed by atoms with Crippen molar-refractivity contribution in [3.05, 3.63) is 29.8 Å². The maximum absolute atomic E-state index is 5.57. The lowest BCUT2D eigenvalue weighted by atomic mass is 9.94. The molecule has 3 heteroatoms. The highest BCUT2D eigenvalue weighted by Gasteiger charge is 2.33. The minimum Gasteiger partial charge on any atom is -0.494 e. The Bertz CT molecular complexity index is 407. The summed E-state index contributed by atoms with van der Waals surface area (Å²) in [6.07, 6.45) is 2.74. The van der Waals surface area contributed by atoms with Gasteiger partial charge < -0.3 is 10.1 Å². The third-order valence-electron chi connectivity index (χ3n) is 4.29. The van der Waals surface area contributed by atoms with Crippen LogP contribution in [0.2, 0.25) is 0 Å². The summed E-state index contributed by atoms with van der Waals surface area (Å²) in [5, 5.41) is 3.66. The Morgan fingerprint density at radius 3 is 3.16 bits per heavy atom. The van der Waals surface area contributed by atoms with E-state index >= 15 is 0 Å². The van der Waals surface area contributed by atoms with Crippen molar-refractivity contribution in [1.82, 2.24) is 10.2 Å². The molecule has 1 aromatic rings. The first-order valence-electron chi connectivity index (χ1n) is 7.52. The van der Waals surface area contributed by atoms with E-state index < -0.39 is 0 Å². The zero-order chi connectivity index (χ0) is 13.1. The maximum atomic E-state index is 5.57. The van der Waals surface area contributed by atoms with E-state index in [1.165, 1.54) is 38.0 Å².